The minimum absolute atomic E-state index is 0.480. The summed E-state index contributed by atoms with van der Waals surface area (Å²) in [5.74, 6) is -0.584. The van der Waals surface area contributed by atoms with Crippen molar-refractivity contribution in [2.75, 3.05) is 17.2 Å². The fourth-order valence-corrected chi connectivity index (χ4v) is 2.41. The second kappa shape index (κ2) is 7.21. The van der Waals surface area contributed by atoms with Gasteiger partial charge in [-0.2, -0.15) is 8.78 Å². The van der Waals surface area contributed by atoms with Crippen LogP contribution in [0.4, 0.5) is 26.1 Å². The zero-order valence-corrected chi connectivity index (χ0v) is 12.5. The average Bonchev–Trinajstić information content (AvgIpc) is 2.40. The summed E-state index contributed by atoms with van der Waals surface area (Å²) < 4.78 is 25.1. The zero-order chi connectivity index (χ0) is 15.2. The first-order valence-electron chi connectivity index (χ1n) is 6.49. The SMILES string of the molecule is CCNc1cc(Nc2ccccc2SC(F)F)nc(C)n1. The highest BCUT2D eigenvalue weighted by molar-refractivity contribution is 7.99. The number of hydrogen-bond acceptors (Lipinski definition) is 5. The van der Waals surface area contributed by atoms with E-state index in [4.69, 9.17) is 0 Å². The lowest BCUT2D eigenvalue weighted by Crippen LogP contribution is -2.04. The molecule has 112 valence electrons. The van der Waals surface area contributed by atoms with E-state index in [1.807, 2.05) is 6.92 Å². The maximum absolute atomic E-state index is 12.6. The summed E-state index contributed by atoms with van der Waals surface area (Å²) in [6.45, 7) is 4.50. The number of para-hydroxylation sites is 1. The van der Waals surface area contributed by atoms with Crippen LogP contribution in [-0.2, 0) is 0 Å². The molecule has 4 nitrogen and oxygen atoms in total. The average molecular weight is 310 g/mol. The zero-order valence-electron chi connectivity index (χ0n) is 11.7. The van der Waals surface area contributed by atoms with E-state index in [1.165, 1.54) is 0 Å². The third kappa shape index (κ3) is 4.56. The Balaban J connectivity index is 2.25. The molecule has 0 atom stereocenters. The van der Waals surface area contributed by atoms with Gasteiger partial charge in [0.15, 0.2) is 0 Å². The predicted molar refractivity (Wildman–Crippen MR) is 82.5 cm³/mol. The normalized spacial score (nSPS) is 10.7. The Morgan fingerprint density at radius 2 is 1.90 bits per heavy atom. The van der Waals surface area contributed by atoms with Gasteiger partial charge in [-0.25, -0.2) is 9.97 Å². The molecule has 0 saturated carbocycles. The number of hydrogen-bond donors (Lipinski definition) is 2. The van der Waals surface area contributed by atoms with Crippen LogP contribution in [0.15, 0.2) is 35.2 Å². The van der Waals surface area contributed by atoms with Gasteiger partial charge in [-0.3, -0.25) is 0 Å². The van der Waals surface area contributed by atoms with Gasteiger partial charge < -0.3 is 10.6 Å². The predicted octanol–water partition coefficient (Wildman–Crippen LogP) is 4.28. The highest BCUT2D eigenvalue weighted by Crippen LogP contribution is 2.33. The molecule has 1 aromatic heterocycles. The summed E-state index contributed by atoms with van der Waals surface area (Å²) in [5, 5.41) is 6.18. The molecule has 7 heteroatoms. The number of thioether (sulfide) groups is 1. The summed E-state index contributed by atoms with van der Waals surface area (Å²) in [7, 11) is 0. The first kappa shape index (κ1) is 15.5. The molecule has 2 aromatic rings. The van der Waals surface area contributed by atoms with Gasteiger partial charge in [0, 0.05) is 17.5 Å². The number of halogens is 2. The van der Waals surface area contributed by atoms with E-state index in [9.17, 15) is 8.78 Å². The van der Waals surface area contributed by atoms with Crippen LogP contribution in [0.5, 0.6) is 0 Å². The molecule has 0 aliphatic heterocycles. The van der Waals surface area contributed by atoms with Crippen molar-refractivity contribution in [2.45, 2.75) is 24.5 Å². The number of rotatable bonds is 6. The van der Waals surface area contributed by atoms with E-state index >= 15 is 0 Å². The maximum atomic E-state index is 12.6. The van der Waals surface area contributed by atoms with Crippen molar-refractivity contribution in [3.8, 4) is 0 Å². The van der Waals surface area contributed by atoms with E-state index in [2.05, 4.69) is 20.6 Å². The van der Waals surface area contributed by atoms with E-state index < -0.39 is 5.76 Å². The molecule has 1 aromatic carbocycles. The van der Waals surface area contributed by atoms with Crippen molar-refractivity contribution in [1.82, 2.24) is 9.97 Å². The lowest BCUT2D eigenvalue weighted by molar-refractivity contribution is 0.252. The fraction of sp³-hybridized carbons (Fsp3) is 0.286. The molecule has 2 N–H and O–H groups in total. The topological polar surface area (TPSA) is 49.8 Å². The standard InChI is InChI=1S/C14H16F2N4S/c1-3-17-12-8-13(19-9(2)18-12)20-10-6-4-5-7-11(10)21-14(15)16/h4-8,14H,3H2,1-2H3,(H2,17,18,19,20). The van der Waals surface area contributed by atoms with Gasteiger partial charge in [0.25, 0.3) is 5.76 Å². The number of alkyl halides is 2. The van der Waals surface area contributed by atoms with E-state index in [0.29, 0.717) is 39.8 Å². The Kier molecular flexibility index (Phi) is 5.32. The third-order valence-corrected chi connectivity index (χ3v) is 3.35. The van der Waals surface area contributed by atoms with Gasteiger partial charge in [0.2, 0.25) is 0 Å². The quantitative estimate of drug-likeness (QED) is 0.780. The molecule has 0 fully saturated rings. The summed E-state index contributed by atoms with van der Waals surface area (Å²) in [5.41, 5.74) is 0.600. The van der Waals surface area contributed by atoms with E-state index in [-0.39, 0.29) is 0 Å². The molecule has 0 aliphatic carbocycles. The Morgan fingerprint density at radius 3 is 2.62 bits per heavy atom. The highest BCUT2D eigenvalue weighted by atomic mass is 32.2. The van der Waals surface area contributed by atoms with Gasteiger partial charge >= 0.3 is 0 Å². The minimum atomic E-state index is -2.46. The molecule has 0 aliphatic rings. The summed E-state index contributed by atoms with van der Waals surface area (Å²) >= 11 is 0.508. The van der Waals surface area contributed by atoms with Crippen LogP contribution in [0.2, 0.25) is 0 Å². The number of anilines is 3. The molecule has 0 unspecified atom stereocenters. The van der Waals surface area contributed by atoms with Crippen molar-refractivity contribution in [1.29, 1.82) is 0 Å². The molecule has 1 heterocycles. The second-order valence-corrected chi connectivity index (χ2v) is 5.25. The van der Waals surface area contributed by atoms with Gasteiger partial charge in [0.05, 0.1) is 5.69 Å². The Bertz CT molecular complexity index is 607. The number of nitrogens with one attached hydrogen (secondary N) is 2. The summed E-state index contributed by atoms with van der Waals surface area (Å²) in [6, 6.07) is 8.66. The van der Waals surface area contributed by atoms with E-state index in [1.54, 1.807) is 37.3 Å². The largest absolute Gasteiger partial charge is 0.370 e. The molecule has 0 radical (unpaired) electrons. The van der Waals surface area contributed by atoms with Gasteiger partial charge in [-0.1, -0.05) is 23.9 Å². The molecular weight excluding hydrogens is 294 g/mol. The molecule has 0 bridgehead atoms. The van der Waals surface area contributed by atoms with Crippen molar-refractivity contribution in [3.05, 3.63) is 36.2 Å². The van der Waals surface area contributed by atoms with Crippen LogP contribution >= 0.6 is 11.8 Å². The number of aryl methyl sites for hydroxylation is 1. The van der Waals surface area contributed by atoms with Crippen molar-refractivity contribution < 1.29 is 8.78 Å². The maximum Gasteiger partial charge on any atom is 0.288 e. The molecular formula is C14H16F2N4S. The first-order chi connectivity index (χ1) is 10.1. The van der Waals surface area contributed by atoms with Crippen LogP contribution < -0.4 is 10.6 Å². The van der Waals surface area contributed by atoms with Gasteiger partial charge in [0.1, 0.15) is 17.5 Å². The fourth-order valence-electron chi connectivity index (χ4n) is 1.81. The lowest BCUT2D eigenvalue weighted by Gasteiger charge is -2.12. The Labute approximate surface area is 126 Å². The van der Waals surface area contributed by atoms with E-state index in [0.717, 1.165) is 6.54 Å². The summed E-state index contributed by atoms with van der Waals surface area (Å²) in [6.07, 6.45) is 0. The Hall–Kier alpha value is -1.89. The minimum Gasteiger partial charge on any atom is -0.370 e. The highest BCUT2D eigenvalue weighted by Gasteiger charge is 2.10. The first-order valence-corrected chi connectivity index (χ1v) is 7.37. The number of nitrogens with zero attached hydrogens (tertiary/aromatic N) is 2. The lowest BCUT2D eigenvalue weighted by atomic mass is 10.3. The van der Waals surface area contributed by atoms with Gasteiger partial charge in [-0.05, 0) is 26.0 Å². The molecule has 2 rings (SSSR count). The monoisotopic (exact) mass is 310 g/mol. The molecule has 0 saturated heterocycles. The van der Waals surface area contributed by atoms with Crippen molar-refractivity contribution >= 4 is 29.1 Å². The van der Waals surface area contributed by atoms with Crippen molar-refractivity contribution in [2.24, 2.45) is 0 Å². The number of benzene rings is 1. The van der Waals surface area contributed by atoms with Crippen molar-refractivity contribution in [3.63, 3.8) is 0 Å². The second-order valence-electron chi connectivity index (χ2n) is 4.22. The van der Waals surface area contributed by atoms with Crippen LogP contribution in [0.3, 0.4) is 0 Å². The number of aromatic nitrogens is 2. The third-order valence-electron chi connectivity index (χ3n) is 2.56. The Morgan fingerprint density at radius 1 is 1.19 bits per heavy atom. The van der Waals surface area contributed by atoms with Crippen LogP contribution in [-0.4, -0.2) is 22.3 Å². The van der Waals surface area contributed by atoms with Gasteiger partial charge in [-0.15, -0.1) is 0 Å². The molecule has 21 heavy (non-hydrogen) atoms. The smallest absolute Gasteiger partial charge is 0.288 e. The van der Waals surface area contributed by atoms with Crippen LogP contribution in [0.1, 0.15) is 12.7 Å². The van der Waals surface area contributed by atoms with Crippen LogP contribution in [0, 0.1) is 6.92 Å². The summed E-state index contributed by atoms with van der Waals surface area (Å²) in [4.78, 5) is 9.00. The van der Waals surface area contributed by atoms with Crippen LogP contribution in [0.25, 0.3) is 0 Å². The molecule has 0 amide bonds. The molecule has 0 spiro atoms.